The van der Waals surface area contributed by atoms with Gasteiger partial charge < -0.3 is 0 Å². The van der Waals surface area contributed by atoms with Crippen molar-refractivity contribution in [1.29, 1.82) is 5.26 Å². The van der Waals surface area contributed by atoms with E-state index < -0.39 is 10.0 Å². The van der Waals surface area contributed by atoms with Gasteiger partial charge in [0.05, 0.1) is 16.7 Å². The minimum Gasteiger partial charge on any atom is -0.207 e. The largest absolute Gasteiger partial charge is 0.244 e. The monoisotopic (exact) mass is 312 g/mol. The van der Waals surface area contributed by atoms with Crippen molar-refractivity contribution in [1.82, 2.24) is 4.31 Å². The number of hydrogen-bond acceptors (Lipinski definition) is 3. The molecule has 1 heterocycles. The van der Waals surface area contributed by atoms with Crippen LogP contribution in [0.5, 0.6) is 0 Å². The highest BCUT2D eigenvalue weighted by atomic mass is 35.5. The van der Waals surface area contributed by atoms with Crippen LogP contribution in [0.3, 0.4) is 0 Å². The highest BCUT2D eigenvalue weighted by molar-refractivity contribution is 7.89. The topological polar surface area (TPSA) is 61.2 Å². The second-order valence-corrected chi connectivity index (χ2v) is 8.14. The maximum atomic E-state index is 12.6. The first-order valence-electron chi connectivity index (χ1n) is 6.46. The van der Waals surface area contributed by atoms with Crippen LogP contribution in [-0.2, 0) is 10.0 Å². The number of halogens is 1. The van der Waals surface area contributed by atoms with E-state index in [1.54, 1.807) is 0 Å². The summed E-state index contributed by atoms with van der Waals surface area (Å²) < 4.78 is 26.7. The van der Waals surface area contributed by atoms with E-state index in [2.05, 4.69) is 13.8 Å². The lowest BCUT2D eigenvalue weighted by atomic mass is 9.83. The number of hydrogen-bond donors (Lipinski definition) is 0. The third-order valence-corrected chi connectivity index (χ3v) is 6.13. The molecule has 1 aliphatic rings. The molecule has 4 nitrogen and oxygen atoms in total. The maximum Gasteiger partial charge on any atom is 0.244 e. The molecule has 0 bridgehead atoms. The minimum absolute atomic E-state index is 0.0259. The number of piperidine rings is 1. The molecule has 1 saturated heterocycles. The molecule has 0 aromatic heterocycles. The van der Waals surface area contributed by atoms with Gasteiger partial charge in [0.1, 0.15) is 4.90 Å². The van der Waals surface area contributed by atoms with Gasteiger partial charge in [0, 0.05) is 13.1 Å². The summed E-state index contributed by atoms with van der Waals surface area (Å²) in [6.45, 7) is 5.26. The van der Waals surface area contributed by atoms with Crippen molar-refractivity contribution in [2.75, 3.05) is 13.1 Å². The van der Waals surface area contributed by atoms with Crippen LogP contribution in [0.15, 0.2) is 23.1 Å². The Labute approximate surface area is 125 Å². The van der Waals surface area contributed by atoms with E-state index >= 15 is 0 Å². The van der Waals surface area contributed by atoms with Crippen LogP contribution in [0, 0.1) is 16.7 Å². The molecule has 2 rings (SSSR count). The number of rotatable bonds is 2. The number of benzene rings is 1. The van der Waals surface area contributed by atoms with E-state index in [9.17, 15) is 8.42 Å². The Hall–Kier alpha value is -1.09. The van der Waals surface area contributed by atoms with Crippen molar-refractivity contribution in [3.8, 4) is 6.07 Å². The highest BCUT2D eigenvalue weighted by Crippen LogP contribution is 2.34. The van der Waals surface area contributed by atoms with E-state index in [0.717, 1.165) is 12.8 Å². The van der Waals surface area contributed by atoms with Gasteiger partial charge in [-0.25, -0.2) is 8.42 Å². The molecular formula is C14H17ClN2O2S. The number of nitriles is 1. The summed E-state index contributed by atoms with van der Waals surface area (Å²) in [6, 6.07) is 6.26. The van der Waals surface area contributed by atoms with Gasteiger partial charge in [0.15, 0.2) is 0 Å². The minimum atomic E-state index is -3.63. The zero-order chi connectivity index (χ0) is 15.0. The Kier molecular flexibility index (Phi) is 4.10. The van der Waals surface area contributed by atoms with Crippen molar-refractivity contribution >= 4 is 21.6 Å². The average molecular weight is 313 g/mol. The van der Waals surface area contributed by atoms with Crippen LogP contribution in [0.4, 0.5) is 0 Å². The quantitative estimate of drug-likeness (QED) is 0.843. The molecule has 6 heteroatoms. The summed E-state index contributed by atoms with van der Waals surface area (Å²) in [5, 5.41) is 9.06. The Balaban J connectivity index is 2.35. The first-order valence-corrected chi connectivity index (χ1v) is 8.28. The number of sulfonamides is 1. The Bertz CT molecular complexity index is 652. The van der Waals surface area contributed by atoms with Gasteiger partial charge >= 0.3 is 0 Å². The lowest BCUT2D eigenvalue weighted by molar-refractivity contribution is 0.196. The van der Waals surface area contributed by atoms with Crippen molar-refractivity contribution in [2.45, 2.75) is 31.6 Å². The molecule has 0 saturated carbocycles. The Morgan fingerprint density at radius 1 is 1.30 bits per heavy atom. The molecule has 1 aliphatic heterocycles. The van der Waals surface area contributed by atoms with E-state index in [4.69, 9.17) is 16.9 Å². The Morgan fingerprint density at radius 3 is 2.45 bits per heavy atom. The van der Waals surface area contributed by atoms with Crippen LogP contribution in [0.2, 0.25) is 5.02 Å². The van der Waals surface area contributed by atoms with E-state index in [-0.39, 0.29) is 15.3 Å². The van der Waals surface area contributed by atoms with Gasteiger partial charge in [-0.15, -0.1) is 0 Å². The second-order valence-electron chi connectivity index (χ2n) is 5.83. The first kappa shape index (κ1) is 15.3. The zero-order valence-electron chi connectivity index (χ0n) is 11.6. The summed E-state index contributed by atoms with van der Waals surface area (Å²) in [6.07, 6.45) is 1.64. The molecule has 1 fully saturated rings. The van der Waals surface area contributed by atoms with Crippen molar-refractivity contribution in [3.63, 3.8) is 0 Å². The van der Waals surface area contributed by atoms with Gasteiger partial charge in [-0.1, -0.05) is 25.4 Å². The predicted octanol–water partition coefficient (Wildman–Crippen LogP) is 3.02. The highest BCUT2D eigenvalue weighted by Gasteiger charge is 2.33. The molecule has 108 valence electrons. The van der Waals surface area contributed by atoms with Crippen molar-refractivity contribution in [2.24, 2.45) is 5.41 Å². The van der Waals surface area contributed by atoms with Gasteiger partial charge in [-0.2, -0.15) is 9.57 Å². The summed E-state index contributed by atoms with van der Waals surface area (Å²) >= 11 is 6.00. The van der Waals surface area contributed by atoms with E-state index in [0.29, 0.717) is 18.7 Å². The smallest absolute Gasteiger partial charge is 0.207 e. The third kappa shape index (κ3) is 2.98. The molecule has 1 aromatic rings. The molecule has 0 amide bonds. The molecule has 0 radical (unpaired) electrons. The molecule has 0 unspecified atom stereocenters. The summed E-state index contributed by atoms with van der Waals surface area (Å²) in [4.78, 5) is 0.0259. The maximum absolute atomic E-state index is 12.6. The normalized spacial score (nSPS) is 19.5. The fourth-order valence-corrected chi connectivity index (χ4v) is 4.18. The van der Waals surface area contributed by atoms with Crippen molar-refractivity contribution in [3.05, 3.63) is 28.8 Å². The molecule has 20 heavy (non-hydrogen) atoms. The van der Waals surface area contributed by atoms with E-state index in [1.807, 2.05) is 6.07 Å². The molecule has 1 aromatic carbocycles. The van der Waals surface area contributed by atoms with Gasteiger partial charge in [-0.3, -0.25) is 0 Å². The van der Waals surface area contributed by atoms with E-state index in [1.165, 1.54) is 22.5 Å². The lowest BCUT2D eigenvalue weighted by Crippen LogP contribution is -2.41. The van der Waals surface area contributed by atoms with Gasteiger partial charge in [0.25, 0.3) is 0 Å². The van der Waals surface area contributed by atoms with Crippen LogP contribution < -0.4 is 0 Å². The van der Waals surface area contributed by atoms with Crippen LogP contribution in [-0.4, -0.2) is 25.8 Å². The molecule has 0 aliphatic carbocycles. The summed E-state index contributed by atoms with van der Waals surface area (Å²) in [5.74, 6) is 0. The third-order valence-electron chi connectivity index (χ3n) is 3.75. The molecule has 0 N–H and O–H groups in total. The fraction of sp³-hybridized carbons (Fsp3) is 0.500. The van der Waals surface area contributed by atoms with Crippen LogP contribution in [0.25, 0.3) is 0 Å². The zero-order valence-corrected chi connectivity index (χ0v) is 13.1. The average Bonchev–Trinajstić information content (AvgIpc) is 2.38. The van der Waals surface area contributed by atoms with Crippen molar-refractivity contribution < 1.29 is 8.42 Å². The SMILES string of the molecule is CC1(C)CCN(S(=O)(=O)c2cc(C#N)ccc2Cl)CC1. The molecular weight excluding hydrogens is 296 g/mol. The standard InChI is InChI=1S/C14H17ClN2O2S/c1-14(2)5-7-17(8-6-14)20(18,19)13-9-11(10-16)3-4-12(13)15/h3-4,9H,5-8H2,1-2H3. The fourth-order valence-electron chi connectivity index (χ4n) is 2.24. The van der Waals surface area contributed by atoms with Crippen LogP contribution in [0.1, 0.15) is 32.3 Å². The number of nitrogens with zero attached hydrogens (tertiary/aromatic N) is 2. The van der Waals surface area contributed by atoms with Gasteiger partial charge in [0.2, 0.25) is 10.0 Å². The summed E-state index contributed by atoms with van der Waals surface area (Å²) in [7, 11) is -3.63. The first-order chi connectivity index (χ1) is 9.26. The van der Waals surface area contributed by atoms with Gasteiger partial charge in [-0.05, 0) is 36.5 Å². The molecule has 0 spiro atoms. The second kappa shape index (κ2) is 5.36. The lowest BCUT2D eigenvalue weighted by Gasteiger charge is -2.36. The predicted molar refractivity (Wildman–Crippen MR) is 77.9 cm³/mol. The molecule has 0 atom stereocenters. The summed E-state index contributed by atoms with van der Waals surface area (Å²) in [5.41, 5.74) is 0.468. The Morgan fingerprint density at radius 2 is 1.90 bits per heavy atom. The van der Waals surface area contributed by atoms with Crippen LogP contribution >= 0.6 is 11.6 Å².